The molecule has 0 amide bonds. The molecule has 1 fully saturated rings. The number of carboxylic acids is 1. The third-order valence-electron chi connectivity index (χ3n) is 4.20. The molecule has 2 aromatic carbocycles. The first-order chi connectivity index (χ1) is 12.8. The van der Waals surface area contributed by atoms with E-state index in [1.54, 1.807) is 19.1 Å². The summed E-state index contributed by atoms with van der Waals surface area (Å²) in [6.07, 6.45) is 1.81. The van der Waals surface area contributed by atoms with Crippen molar-refractivity contribution >= 4 is 21.7 Å². The fourth-order valence-corrected chi connectivity index (χ4v) is 4.11. The summed E-state index contributed by atoms with van der Waals surface area (Å²) in [5.74, 6) is -0.898. The van der Waals surface area contributed by atoms with E-state index in [4.69, 9.17) is 14.6 Å². The van der Waals surface area contributed by atoms with E-state index < -0.39 is 16.0 Å². The molecular formula is C19H21NO6S. The molecule has 1 aliphatic heterocycles. The second kappa shape index (κ2) is 7.98. The van der Waals surface area contributed by atoms with Gasteiger partial charge in [0.2, 0.25) is 0 Å². The summed E-state index contributed by atoms with van der Waals surface area (Å²) >= 11 is 0. The van der Waals surface area contributed by atoms with Crippen LogP contribution in [0.5, 0.6) is 5.75 Å². The molecule has 0 aliphatic carbocycles. The van der Waals surface area contributed by atoms with E-state index in [1.807, 2.05) is 0 Å². The third kappa shape index (κ3) is 4.78. The van der Waals surface area contributed by atoms with Gasteiger partial charge in [0.05, 0.1) is 11.7 Å². The second-order valence-corrected chi connectivity index (χ2v) is 8.04. The number of aromatic carboxylic acids is 1. The Balaban J connectivity index is 1.85. The van der Waals surface area contributed by atoms with Crippen molar-refractivity contribution in [3.05, 3.63) is 53.6 Å². The van der Waals surface area contributed by atoms with Crippen molar-refractivity contribution in [2.45, 2.75) is 30.8 Å². The smallest absolute Gasteiger partial charge is 0.335 e. The van der Waals surface area contributed by atoms with Gasteiger partial charge in [0.25, 0.3) is 10.0 Å². The maximum Gasteiger partial charge on any atom is 0.335 e. The Bertz CT molecular complexity index is 935. The zero-order chi connectivity index (χ0) is 19.4. The lowest BCUT2D eigenvalue weighted by atomic mass is 10.2. The summed E-state index contributed by atoms with van der Waals surface area (Å²) in [6.45, 7) is 2.75. The standard InChI is InChI=1S/C19H21NO6S/c1-13-7-8-17(26-12-16-6-3-9-25-16)18(10-13)27(23,24)20-15-5-2-4-14(11-15)19(21)22/h2,4-5,7-8,10-11,16,20H,3,6,9,12H2,1H3,(H,21,22)/t16-/m0/s1. The Morgan fingerprint density at radius 3 is 2.81 bits per heavy atom. The lowest BCUT2D eigenvalue weighted by Crippen LogP contribution is -2.19. The number of aryl methyl sites for hydroxylation is 1. The molecule has 0 aromatic heterocycles. The van der Waals surface area contributed by atoms with Crippen molar-refractivity contribution in [3.63, 3.8) is 0 Å². The van der Waals surface area contributed by atoms with E-state index in [0.717, 1.165) is 18.4 Å². The number of hydrogen-bond acceptors (Lipinski definition) is 5. The van der Waals surface area contributed by atoms with Gasteiger partial charge in [-0.1, -0.05) is 12.1 Å². The molecule has 1 heterocycles. The lowest BCUT2D eigenvalue weighted by Gasteiger charge is -2.16. The van der Waals surface area contributed by atoms with Crippen molar-refractivity contribution in [1.29, 1.82) is 0 Å². The van der Waals surface area contributed by atoms with E-state index in [1.165, 1.54) is 30.3 Å². The average Bonchev–Trinajstić information content (AvgIpc) is 3.14. The van der Waals surface area contributed by atoms with Crippen LogP contribution in [-0.4, -0.2) is 38.8 Å². The molecule has 8 heteroatoms. The van der Waals surface area contributed by atoms with Crippen LogP contribution in [-0.2, 0) is 14.8 Å². The highest BCUT2D eigenvalue weighted by Crippen LogP contribution is 2.28. The fourth-order valence-electron chi connectivity index (χ4n) is 2.83. The summed E-state index contributed by atoms with van der Waals surface area (Å²) in [5.41, 5.74) is 0.926. The first-order valence-corrected chi connectivity index (χ1v) is 10.0. The summed E-state index contributed by atoms with van der Waals surface area (Å²) in [5, 5.41) is 9.07. The zero-order valence-corrected chi connectivity index (χ0v) is 15.7. The molecule has 2 N–H and O–H groups in total. The van der Waals surface area contributed by atoms with Crippen LogP contribution in [0.2, 0.25) is 0 Å². The van der Waals surface area contributed by atoms with Crippen molar-refractivity contribution in [2.24, 2.45) is 0 Å². The topological polar surface area (TPSA) is 102 Å². The van der Waals surface area contributed by atoms with E-state index in [-0.39, 0.29) is 34.6 Å². The largest absolute Gasteiger partial charge is 0.489 e. The van der Waals surface area contributed by atoms with Gasteiger partial charge in [-0.3, -0.25) is 4.72 Å². The van der Waals surface area contributed by atoms with Crippen LogP contribution in [0.25, 0.3) is 0 Å². The molecule has 0 spiro atoms. The van der Waals surface area contributed by atoms with Crippen molar-refractivity contribution < 1.29 is 27.8 Å². The Labute approximate surface area is 158 Å². The number of anilines is 1. The minimum Gasteiger partial charge on any atom is -0.489 e. The molecule has 0 radical (unpaired) electrons. The van der Waals surface area contributed by atoms with Crippen LogP contribution in [0.1, 0.15) is 28.8 Å². The molecule has 7 nitrogen and oxygen atoms in total. The molecule has 0 saturated carbocycles. The van der Waals surface area contributed by atoms with Crippen LogP contribution in [0.4, 0.5) is 5.69 Å². The second-order valence-electron chi connectivity index (χ2n) is 6.39. The molecule has 0 unspecified atom stereocenters. The number of carbonyl (C=O) groups is 1. The minimum absolute atomic E-state index is 0.00113. The Kier molecular flexibility index (Phi) is 5.67. The van der Waals surface area contributed by atoms with E-state index in [0.29, 0.717) is 6.61 Å². The van der Waals surface area contributed by atoms with Crippen LogP contribution in [0.15, 0.2) is 47.4 Å². The Morgan fingerprint density at radius 2 is 2.11 bits per heavy atom. The summed E-state index contributed by atoms with van der Waals surface area (Å²) < 4.78 is 39.4. The normalized spacial score (nSPS) is 16.9. The number of rotatable bonds is 7. The van der Waals surface area contributed by atoms with Crippen LogP contribution in [0, 0.1) is 6.92 Å². The van der Waals surface area contributed by atoms with Gasteiger partial charge in [-0.2, -0.15) is 0 Å². The summed E-state index contributed by atoms with van der Waals surface area (Å²) in [4.78, 5) is 11.1. The third-order valence-corrected chi connectivity index (χ3v) is 5.60. The molecule has 144 valence electrons. The monoisotopic (exact) mass is 391 g/mol. The van der Waals surface area contributed by atoms with Gasteiger partial charge in [0, 0.05) is 12.3 Å². The summed E-state index contributed by atoms with van der Waals surface area (Å²) in [6, 6.07) is 10.5. The van der Waals surface area contributed by atoms with Gasteiger partial charge in [-0.25, -0.2) is 13.2 Å². The predicted molar refractivity (Wildman–Crippen MR) is 99.9 cm³/mol. The number of sulfonamides is 1. The van der Waals surface area contributed by atoms with Gasteiger partial charge >= 0.3 is 5.97 Å². The van der Waals surface area contributed by atoms with E-state index >= 15 is 0 Å². The van der Waals surface area contributed by atoms with Gasteiger partial charge in [0.15, 0.2) is 0 Å². The molecule has 27 heavy (non-hydrogen) atoms. The Hall–Kier alpha value is -2.58. The van der Waals surface area contributed by atoms with Crippen LogP contribution < -0.4 is 9.46 Å². The first kappa shape index (κ1) is 19.2. The van der Waals surface area contributed by atoms with Crippen molar-refractivity contribution in [2.75, 3.05) is 17.9 Å². The van der Waals surface area contributed by atoms with Gasteiger partial charge in [0.1, 0.15) is 17.3 Å². The number of carboxylic acid groups (broad SMARTS) is 1. The van der Waals surface area contributed by atoms with Gasteiger partial charge in [-0.15, -0.1) is 0 Å². The quantitative estimate of drug-likeness (QED) is 0.752. The van der Waals surface area contributed by atoms with E-state index in [2.05, 4.69) is 4.72 Å². The molecule has 1 saturated heterocycles. The summed E-state index contributed by atoms with van der Waals surface area (Å²) in [7, 11) is -3.96. The molecule has 1 aliphatic rings. The number of ether oxygens (including phenoxy) is 2. The van der Waals surface area contributed by atoms with Crippen molar-refractivity contribution in [3.8, 4) is 5.75 Å². The maximum absolute atomic E-state index is 12.9. The highest BCUT2D eigenvalue weighted by atomic mass is 32.2. The van der Waals surface area contributed by atoms with Crippen LogP contribution in [0.3, 0.4) is 0 Å². The van der Waals surface area contributed by atoms with Crippen LogP contribution >= 0.6 is 0 Å². The highest BCUT2D eigenvalue weighted by molar-refractivity contribution is 7.92. The first-order valence-electron chi connectivity index (χ1n) is 8.56. The maximum atomic E-state index is 12.9. The lowest BCUT2D eigenvalue weighted by molar-refractivity contribution is 0.0669. The molecule has 0 bridgehead atoms. The van der Waals surface area contributed by atoms with Gasteiger partial charge in [-0.05, 0) is 55.7 Å². The van der Waals surface area contributed by atoms with Crippen molar-refractivity contribution in [1.82, 2.24) is 0 Å². The Morgan fingerprint density at radius 1 is 1.30 bits per heavy atom. The van der Waals surface area contributed by atoms with Gasteiger partial charge < -0.3 is 14.6 Å². The fraction of sp³-hybridized carbons (Fsp3) is 0.316. The molecular weight excluding hydrogens is 370 g/mol. The molecule has 2 aromatic rings. The minimum atomic E-state index is -3.96. The SMILES string of the molecule is Cc1ccc(OC[C@@H]2CCCO2)c(S(=O)(=O)Nc2cccc(C(=O)O)c2)c1. The number of nitrogens with one attached hydrogen (secondary N) is 1. The highest BCUT2D eigenvalue weighted by Gasteiger charge is 2.23. The average molecular weight is 391 g/mol. The number of benzene rings is 2. The zero-order valence-electron chi connectivity index (χ0n) is 14.8. The molecule has 3 rings (SSSR count). The number of hydrogen-bond donors (Lipinski definition) is 2. The predicted octanol–water partition coefficient (Wildman–Crippen LogP) is 3.05. The molecule has 1 atom stereocenters. The van der Waals surface area contributed by atoms with E-state index in [9.17, 15) is 13.2 Å².